The molecule has 6 heteroatoms. The first-order chi connectivity index (χ1) is 12.8. The van der Waals surface area contributed by atoms with Crippen LogP contribution in [0.5, 0.6) is 0 Å². The van der Waals surface area contributed by atoms with E-state index in [9.17, 15) is 0 Å². The van der Waals surface area contributed by atoms with Crippen molar-refractivity contribution in [1.29, 1.82) is 0 Å². The summed E-state index contributed by atoms with van der Waals surface area (Å²) in [7, 11) is 1.78. The lowest BCUT2D eigenvalue weighted by Gasteiger charge is -2.11. The van der Waals surface area contributed by atoms with E-state index < -0.39 is 0 Å². The summed E-state index contributed by atoms with van der Waals surface area (Å²) in [5.74, 6) is 0.787. The van der Waals surface area contributed by atoms with Gasteiger partial charge in [0, 0.05) is 42.3 Å². The first-order valence-electron chi connectivity index (χ1n) is 8.62. The highest BCUT2D eigenvalue weighted by Crippen LogP contribution is 2.27. The van der Waals surface area contributed by atoms with Crippen molar-refractivity contribution in [2.45, 2.75) is 19.9 Å². The molecule has 2 heterocycles. The van der Waals surface area contributed by atoms with E-state index in [0.29, 0.717) is 6.54 Å². The highest BCUT2D eigenvalue weighted by Gasteiger charge is 2.09. The Morgan fingerprint density at radius 3 is 2.62 bits per heavy atom. The van der Waals surface area contributed by atoms with Crippen LogP contribution in [-0.2, 0) is 13.0 Å². The van der Waals surface area contributed by atoms with Gasteiger partial charge in [-0.15, -0.1) is 11.3 Å². The second kappa shape index (κ2) is 9.10. The molecule has 5 nitrogen and oxygen atoms in total. The van der Waals surface area contributed by atoms with E-state index in [1.807, 2.05) is 42.6 Å². The van der Waals surface area contributed by atoms with Crippen molar-refractivity contribution in [2.75, 3.05) is 13.6 Å². The Hall–Kier alpha value is -2.73. The molecular weight excluding hydrogens is 342 g/mol. The molecule has 3 aromatic rings. The minimum Gasteiger partial charge on any atom is -0.356 e. The highest BCUT2D eigenvalue weighted by molar-refractivity contribution is 7.15. The summed E-state index contributed by atoms with van der Waals surface area (Å²) in [6.45, 7) is 3.55. The van der Waals surface area contributed by atoms with E-state index in [4.69, 9.17) is 4.98 Å². The summed E-state index contributed by atoms with van der Waals surface area (Å²) in [5, 5.41) is 7.75. The minimum absolute atomic E-state index is 0.708. The highest BCUT2D eigenvalue weighted by atomic mass is 32.1. The molecular formula is C20H23N5S. The molecule has 0 spiro atoms. The van der Waals surface area contributed by atoms with Gasteiger partial charge in [0.05, 0.1) is 12.2 Å². The third-order valence-corrected chi connectivity index (χ3v) is 5.16. The fourth-order valence-corrected chi connectivity index (χ4v) is 3.54. The van der Waals surface area contributed by atoms with Crippen LogP contribution in [0.1, 0.15) is 16.3 Å². The Kier molecular flexibility index (Phi) is 6.33. The minimum atomic E-state index is 0.708. The van der Waals surface area contributed by atoms with Gasteiger partial charge < -0.3 is 10.6 Å². The topological polar surface area (TPSA) is 62.2 Å². The average Bonchev–Trinajstić information content (AvgIpc) is 3.07. The van der Waals surface area contributed by atoms with Crippen LogP contribution >= 0.6 is 11.3 Å². The van der Waals surface area contributed by atoms with Gasteiger partial charge >= 0.3 is 0 Å². The zero-order valence-corrected chi connectivity index (χ0v) is 15.9. The van der Waals surface area contributed by atoms with E-state index in [2.05, 4.69) is 39.7 Å². The van der Waals surface area contributed by atoms with Gasteiger partial charge in [0.1, 0.15) is 5.01 Å². The van der Waals surface area contributed by atoms with Gasteiger partial charge in [0.25, 0.3) is 0 Å². The van der Waals surface area contributed by atoms with Crippen molar-refractivity contribution in [3.05, 3.63) is 71.0 Å². The Bertz CT molecular complexity index is 843. The average molecular weight is 366 g/mol. The molecule has 0 aliphatic carbocycles. The molecule has 0 radical (unpaired) electrons. The van der Waals surface area contributed by atoms with Gasteiger partial charge in [-0.1, -0.05) is 36.4 Å². The second-order valence-electron chi connectivity index (χ2n) is 5.82. The Morgan fingerprint density at radius 1 is 1.08 bits per heavy atom. The van der Waals surface area contributed by atoms with E-state index in [1.165, 1.54) is 4.88 Å². The molecule has 1 aromatic carbocycles. The molecule has 0 aliphatic heterocycles. The number of nitrogens with one attached hydrogen (secondary N) is 2. The van der Waals surface area contributed by atoms with Gasteiger partial charge in [-0.05, 0) is 19.1 Å². The number of aromatic nitrogens is 2. The Balaban J connectivity index is 1.53. The van der Waals surface area contributed by atoms with Gasteiger partial charge in [-0.25, -0.2) is 4.98 Å². The van der Waals surface area contributed by atoms with Crippen LogP contribution in [-0.4, -0.2) is 29.5 Å². The van der Waals surface area contributed by atoms with Crippen molar-refractivity contribution in [1.82, 2.24) is 20.6 Å². The van der Waals surface area contributed by atoms with Crippen LogP contribution in [0.15, 0.2) is 59.7 Å². The number of hydrogen-bond acceptors (Lipinski definition) is 4. The largest absolute Gasteiger partial charge is 0.356 e. The molecule has 0 aliphatic rings. The van der Waals surface area contributed by atoms with Crippen LogP contribution < -0.4 is 10.6 Å². The standard InChI is InChI=1S/C20H23N5S/c1-15-18(26-19(25-15)16-8-4-3-5-9-16)14-24-20(21-2)23-13-11-17-10-6-7-12-22-17/h3-10,12H,11,13-14H2,1-2H3,(H2,21,23,24). The number of aliphatic imine (C=N–C) groups is 1. The zero-order valence-electron chi connectivity index (χ0n) is 15.1. The summed E-state index contributed by atoms with van der Waals surface area (Å²) in [4.78, 5) is 14.5. The van der Waals surface area contributed by atoms with Crippen LogP contribution in [0.4, 0.5) is 0 Å². The zero-order chi connectivity index (χ0) is 18.2. The fraction of sp³-hybridized carbons (Fsp3) is 0.250. The number of pyridine rings is 1. The van der Waals surface area contributed by atoms with Crippen LogP contribution in [0.3, 0.4) is 0 Å². The van der Waals surface area contributed by atoms with Gasteiger partial charge in [-0.2, -0.15) is 0 Å². The van der Waals surface area contributed by atoms with Crippen LogP contribution in [0, 0.1) is 6.92 Å². The van der Waals surface area contributed by atoms with Crippen LogP contribution in [0.2, 0.25) is 0 Å². The van der Waals surface area contributed by atoms with Gasteiger partial charge in [-0.3, -0.25) is 9.98 Å². The first-order valence-corrected chi connectivity index (χ1v) is 9.44. The lowest BCUT2D eigenvalue weighted by Crippen LogP contribution is -2.37. The number of nitrogens with zero attached hydrogens (tertiary/aromatic N) is 3. The quantitative estimate of drug-likeness (QED) is 0.519. The lowest BCUT2D eigenvalue weighted by atomic mass is 10.2. The van der Waals surface area contributed by atoms with Crippen molar-refractivity contribution in [3.8, 4) is 10.6 Å². The molecule has 0 unspecified atom stereocenters. The number of hydrogen-bond donors (Lipinski definition) is 2. The molecule has 3 rings (SSSR count). The second-order valence-corrected chi connectivity index (χ2v) is 6.90. The summed E-state index contributed by atoms with van der Waals surface area (Å²) < 4.78 is 0. The third-order valence-electron chi connectivity index (χ3n) is 3.95. The number of aryl methyl sites for hydroxylation is 1. The summed E-state index contributed by atoms with van der Waals surface area (Å²) in [5.41, 5.74) is 3.29. The van der Waals surface area contributed by atoms with E-state index in [1.54, 1.807) is 18.4 Å². The maximum absolute atomic E-state index is 4.70. The van der Waals surface area contributed by atoms with Gasteiger partial charge in [0.2, 0.25) is 0 Å². The Morgan fingerprint density at radius 2 is 1.88 bits per heavy atom. The van der Waals surface area contributed by atoms with Crippen molar-refractivity contribution in [3.63, 3.8) is 0 Å². The molecule has 2 aromatic heterocycles. The van der Waals surface area contributed by atoms with Crippen LogP contribution in [0.25, 0.3) is 10.6 Å². The molecule has 26 heavy (non-hydrogen) atoms. The summed E-state index contributed by atoms with van der Waals surface area (Å²) >= 11 is 1.72. The third kappa shape index (κ3) is 4.89. The number of thiazole rings is 1. The molecule has 0 saturated carbocycles. The summed E-state index contributed by atoms with van der Waals surface area (Å²) in [6, 6.07) is 16.2. The Labute approximate surface area is 158 Å². The predicted molar refractivity (Wildman–Crippen MR) is 108 cm³/mol. The monoisotopic (exact) mass is 365 g/mol. The fourth-order valence-electron chi connectivity index (χ4n) is 2.54. The number of rotatable bonds is 6. The van der Waals surface area contributed by atoms with Crippen molar-refractivity contribution in [2.24, 2.45) is 4.99 Å². The molecule has 0 amide bonds. The lowest BCUT2D eigenvalue weighted by molar-refractivity contribution is 0.786. The van der Waals surface area contributed by atoms with Crippen molar-refractivity contribution < 1.29 is 0 Å². The number of guanidine groups is 1. The van der Waals surface area contributed by atoms with Crippen molar-refractivity contribution >= 4 is 17.3 Å². The predicted octanol–water partition coefficient (Wildman–Crippen LogP) is 3.42. The normalized spacial score (nSPS) is 11.4. The molecule has 0 saturated heterocycles. The van der Waals surface area contributed by atoms with E-state index in [-0.39, 0.29) is 0 Å². The molecule has 0 bridgehead atoms. The van der Waals surface area contributed by atoms with Gasteiger partial charge in [0.15, 0.2) is 5.96 Å². The molecule has 0 fully saturated rings. The molecule has 134 valence electrons. The maximum Gasteiger partial charge on any atom is 0.191 e. The first kappa shape index (κ1) is 18.1. The van der Waals surface area contributed by atoms with E-state index in [0.717, 1.165) is 40.9 Å². The number of benzene rings is 1. The smallest absolute Gasteiger partial charge is 0.191 e. The maximum atomic E-state index is 4.70. The van der Waals surface area contributed by atoms with E-state index >= 15 is 0 Å². The molecule has 0 atom stereocenters. The summed E-state index contributed by atoms with van der Waals surface area (Å²) in [6.07, 6.45) is 2.68. The molecule has 2 N–H and O–H groups in total. The SMILES string of the molecule is CN=C(NCCc1ccccn1)NCc1sc(-c2ccccc2)nc1C.